The maximum absolute atomic E-state index is 14.2. The van der Waals surface area contributed by atoms with Crippen LogP contribution in [-0.2, 0) is 21.2 Å². The average Bonchev–Trinajstić information content (AvgIpc) is 3.00. The molecule has 0 radical (unpaired) electrons. The molecule has 2 N–H and O–H groups in total. The zero-order valence-corrected chi connectivity index (χ0v) is 23.3. The molecule has 9 nitrogen and oxygen atoms in total. The van der Waals surface area contributed by atoms with Crippen LogP contribution in [0.5, 0.6) is 11.5 Å². The van der Waals surface area contributed by atoms with Crippen LogP contribution in [0.1, 0.15) is 15.9 Å². The number of anilines is 2. The third-order valence-electron chi connectivity index (χ3n) is 6.47. The summed E-state index contributed by atoms with van der Waals surface area (Å²) in [7, 11) is -4.37. The summed E-state index contributed by atoms with van der Waals surface area (Å²) in [6.07, 6.45) is 0.626. The number of nitrogens with zero attached hydrogens (tertiary/aromatic N) is 1. The minimum absolute atomic E-state index is 0.0491. The van der Waals surface area contributed by atoms with Crippen LogP contribution in [0.2, 0.25) is 0 Å². The topological polar surface area (TPSA) is 114 Å². The number of carbonyl (C=O) groups is 2. The number of halogens is 1. The highest BCUT2D eigenvalue weighted by Gasteiger charge is 2.29. The molecule has 0 aromatic heterocycles. The smallest absolute Gasteiger partial charge is 0.264 e. The van der Waals surface area contributed by atoms with Crippen LogP contribution < -0.4 is 24.4 Å². The van der Waals surface area contributed by atoms with E-state index in [-0.39, 0.29) is 34.2 Å². The van der Waals surface area contributed by atoms with Gasteiger partial charge >= 0.3 is 0 Å². The van der Waals surface area contributed by atoms with Gasteiger partial charge in [-0.2, -0.15) is 0 Å². The Bertz CT molecular complexity index is 1700. The Kier molecular flexibility index (Phi) is 8.68. The molecule has 216 valence electrons. The van der Waals surface area contributed by atoms with Crippen molar-refractivity contribution in [3.63, 3.8) is 0 Å². The molecule has 0 atom stereocenters. The van der Waals surface area contributed by atoms with Crippen LogP contribution >= 0.6 is 0 Å². The van der Waals surface area contributed by atoms with Gasteiger partial charge in [0, 0.05) is 12.6 Å². The first-order valence-corrected chi connectivity index (χ1v) is 14.6. The molecule has 11 heteroatoms. The summed E-state index contributed by atoms with van der Waals surface area (Å²) >= 11 is 0. The number of para-hydroxylation sites is 1. The van der Waals surface area contributed by atoms with Gasteiger partial charge in [-0.15, -0.1) is 0 Å². The lowest BCUT2D eigenvalue weighted by molar-refractivity contribution is -0.114. The zero-order chi connectivity index (χ0) is 29.5. The number of benzene rings is 4. The molecule has 2 amide bonds. The minimum atomic E-state index is -4.37. The third kappa shape index (κ3) is 6.69. The van der Waals surface area contributed by atoms with Crippen molar-refractivity contribution in [2.24, 2.45) is 0 Å². The van der Waals surface area contributed by atoms with Crippen LogP contribution in [0.4, 0.5) is 15.8 Å². The molecule has 0 fully saturated rings. The van der Waals surface area contributed by atoms with Gasteiger partial charge in [0.15, 0.2) is 11.5 Å². The summed E-state index contributed by atoms with van der Waals surface area (Å²) in [5.41, 5.74) is 1.43. The van der Waals surface area contributed by atoms with E-state index >= 15 is 0 Å². The Morgan fingerprint density at radius 2 is 1.57 bits per heavy atom. The molecule has 0 aliphatic carbocycles. The van der Waals surface area contributed by atoms with Crippen molar-refractivity contribution < 1.29 is 31.9 Å². The minimum Gasteiger partial charge on any atom is -0.486 e. The molecule has 0 spiro atoms. The predicted octanol–water partition coefficient (Wildman–Crippen LogP) is 4.40. The van der Waals surface area contributed by atoms with Gasteiger partial charge in [-0.05, 0) is 54.4 Å². The fraction of sp³-hybridized carbons (Fsp3) is 0.161. The van der Waals surface area contributed by atoms with Crippen molar-refractivity contribution in [3.05, 3.63) is 114 Å². The SMILES string of the molecule is O=C(CN(c1cccc(F)c1)S(=O)(=O)c1ccc2c(c1)OCCO2)Nc1ccccc1C(=O)NCCc1ccccc1. The standard InChI is InChI=1S/C31H28FN3O6S/c32-23-9-6-10-24(19-23)35(42(38,39)25-13-14-28-29(20-25)41-18-17-40-28)21-30(36)34-27-12-5-4-11-26(27)31(37)33-16-15-22-7-2-1-3-8-22/h1-14,19-20H,15-18,21H2,(H,33,37)(H,34,36). The van der Waals surface area contributed by atoms with E-state index in [1.165, 1.54) is 36.4 Å². The maximum atomic E-state index is 14.2. The molecule has 4 aromatic carbocycles. The van der Waals surface area contributed by atoms with E-state index in [9.17, 15) is 22.4 Å². The second-order valence-corrected chi connectivity index (χ2v) is 11.2. The van der Waals surface area contributed by atoms with Crippen LogP contribution in [0.25, 0.3) is 0 Å². The second kappa shape index (κ2) is 12.7. The Balaban J connectivity index is 1.35. The lowest BCUT2D eigenvalue weighted by Crippen LogP contribution is -2.38. The Morgan fingerprint density at radius 3 is 2.36 bits per heavy atom. The number of ether oxygens (including phenoxy) is 2. The van der Waals surface area contributed by atoms with Gasteiger partial charge in [-0.1, -0.05) is 48.5 Å². The highest BCUT2D eigenvalue weighted by molar-refractivity contribution is 7.92. The van der Waals surface area contributed by atoms with Gasteiger partial charge in [0.1, 0.15) is 25.6 Å². The average molecular weight is 590 g/mol. The third-order valence-corrected chi connectivity index (χ3v) is 8.24. The van der Waals surface area contributed by atoms with E-state index in [0.29, 0.717) is 25.3 Å². The van der Waals surface area contributed by atoms with E-state index in [1.54, 1.807) is 24.3 Å². The quantitative estimate of drug-likeness (QED) is 0.284. The fourth-order valence-electron chi connectivity index (χ4n) is 4.43. The number of sulfonamides is 1. The van der Waals surface area contributed by atoms with Crippen molar-refractivity contribution in [2.45, 2.75) is 11.3 Å². The summed E-state index contributed by atoms with van der Waals surface area (Å²) in [4.78, 5) is 26.1. The van der Waals surface area contributed by atoms with Crippen molar-refractivity contribution in [1.29, 1.82) is 0 Å². The monoisotopic (exact) mass is 589 g/mol. The number of hydrogen-bond donors (Lipinski definition) is 2. The summed E-state index contributed by atoms with van der Waals surface area (Å²) in [6, 6.07) is 25.1. The molecule has 1 heterocycles. The molecule has 0 saturated carbocycles. The molecular formula is C31H28FN3O6S. The van der Waals surface area contributed by atoms with Crippen molar-refractivity contribution in [3.8, 4) is 11.5 Å². The highest BCUT2D eigenvalue weighted by atomic mass is 32.2. The van der Waals surface area contributed by atoms with Gasteiger partial charge in [0.25, 0.3) is 15.9 Å². The molecule has 4 aromatic rings. The van der Waals surface area contributed by atoms with Crippen LogP contribution in [-0.4, -0.2) is 46.5 Å². The Hall–Kier alpha value is -4.90. The van der Waals surface area contributed by atoms with Crippen molar-refractivity contribution >= 4 is 33.2 Å². The van der Waals surface area contributed by atoms with E-state index < -0.39 is 34.2 Å². The fourth-order valence-corrected chi connectivity index (χ4v) is 5.86. The predicted molar refractivity (Wildman–Crippen MR) is 156 cm³/mol. The number of hydrogen-bond acceptors (Lipinski definition) is 6. The maximum Gasteiger partial charge on any atom is 0.264 e. The van der Waals surface area contributed by atoms with E-state index in [1.807, 2.05) is 30.3 Å². The first-order valence-electron chi connectivity index (χ1n) is 13.2. The molecule has 1 aliphatic heterocycles. The lowest BCUT2D eigenvalue weighted by atomic mass is 10.1. The number of rotatable bonds is 10. The van der Waals surface area contributed by atoms with Crippen LogP contribution in [0.3, 0.4) is 0 Å². The molecule has 42 heavy (non-hydrogen) atoms. The number of fused-ring (bicyclic) bond motifs is 1. The van der Waals surface area contributed by atoms with Gasteiger partial charge in [-0.3, -0.25) is 13.9 Å². The van der Waals surface area contributed by atoms with Crippen molar-refractivity contribution in [2.75, 3.05) is 35.9 Å². The summed E-state index contributed by atoms with van der Waals surface area (Å²) < 4.78 is 53.6. The van der Waals surface area contributed by atoms with Gasteiger partial charge in [0.05, 0.1) is 21.8 Å². The normalized spacial score (nSPS) is 12.3. The van der Waals surface area contributed by atoms with E-state index in [0.717, 1.165) is 15.9 Å². The largest absolute Gasteiger partial charge is 0.486 e. The van der Waals surface area contributed by atoms with E-state index in [2.05, 4.69) is 10.6 Å². The number of amides is 2. The number of carbonyl (C=O) groups excluding carboxylic acids is 2. The van der Waals surface area contributed by atoms with E-state index in [4.69, 9.17) is 9.47 Å². The van der Waals surface area contributed by atoms with Crippen molar-refractivity contribution in [1.82, 2.24) is 5.32 Å². The summed E-state index contributed by atoms with van der Waals surface area (Å²) in [6.45, 7) is 0.281. The zero-order valence-electron chi connectivity index (χ0n) is 22.5. The van der Waals surface area contributed by atoms with Crippen LogP contribution in [0, 0.1) is 5.82 Å². The molecular weight excluding hydrogens is 561 g/mol. The summed E-state index contributed by atoms with van der Waals surface area (Å²) in [5, 5.41) is 5.49. The number of nitrogens with one attached hydrogen (secondary N) is 2. The molecule has 1 aliphatic rings. The summed E-state index contributed by atoms with van der Waals surface area (Å²) in [5.74, 6) is -1.16. The molecule has 5 rings (SSSR count). The lowest BCUT2D eigenvalue weighted by Gasteiger charge is -2.25. The molecule has 0 bridgehead atoms. The van der Waals surface area contributed by atoms with Gasteiger partial charge in [-0.25, -0.2) is 12.8 Å². The first kappa shape index (κ1) is 28.6. The van der Waals surface area contributed by atoms with Crippen LogP contribution in [0.15, 0.2) is 102 Å². The first-order chi connectivity index (χ1) is 20.3. The van der Waals surface area contributed by atoms with Gasteiger partial charge in [0.2, 0.25) is 5.91 Å². The Labute approximate surface area is 242 Å². The second-order valence-electron chi connectivity index (χ2n) is 9.38. The van der Waals surface area contributed by atoms with Gasteiger partial charge < -0.3 is 20.1 Å². The molecule has 0 saturated heterocycles. The Morgan fingerprint density at radius 1 is 0.833 bits per heavy atom. The highest BCUT2D eigenvalue weighted by Crippen LogP contribution is 2.34. The molecule has 0 unspecified atom stereocenters.